The monoisotopic (exact) mass is 326 g/mol. The van der Waals surface area contributed by atoms with Crippen molar-refractivity contribution in [3.63, 3.8) is 0 Å². The van der Waals surface area contributed by atoms with Gasteiger partial charge in [-0.1, -0.05) is 6.92 Å². The van der Waals surface area contributed by atoms with Gasteiger partial charge in [0.1, 0.15) is 10.6 Å². The Morgan fingerprint density at radius 2 is 2.14 bits per heavy atom. The molecule has 21 heavy (non-hydrogen) atoms. The first-order valence-corrected chi connectivity index (χ1v) is 8.26. The zero-order valence-corrected chi connectivity index (χ0v) is 14.0. The topological polar surface area (TPSA) is 58.1 Å². The summed E-state index contributed by atoms with van der Waals surface area (Å²) in [5.74, 6) is 0.711. The highest BCUT2D eigenvalue weighted by Crippen LogP contribution is 2.32. The van der Waals surface area contributed by atoms with Crippen LogP contribution in [0.3, 0.4) is 0 Å². The molecule has 0 radical (unpaired) electrons. The molecule has 5 nitrogen and oxygen atoms in total. The van der Waals surface area contributed by atoms with Gasteiger partial charge in [-0.15, -0.1) is 11.3 Å². The maximum atomic E-state index is 11.8. The summed E-state index contributed by atoms with van der Waals surface area (Å²) >= 11 is 7.65. The van der Waals surface area contributed by atoms with E-state index >= 15 is 0 Å². The van der Waals surface area contributed by atoms with Gasteiger partial charge < -0.3 is 10.2 Å². The minimum atomic E-state index is -0.0202. The van der Waals surface area contributed by atoms with Crippen LogP contribution in [0, 0.1) is 0 Å². The quantitative estimate of drug-likeness (QED) is 0.829. The predicted molar refractivity (Wildman–Crippen MR) is 88.4 cm³/mol. The van der Waals surface area contributed by atoms with E-state index in [2.05, 4.69) is 28.3 Å². The van der Waals surface area contributed by atoms with E-state index in [1.54, 1.807) is 11.3 Å². The lowest BCUT2D eigenvalue weighted by atomic mass is 10.3. The number of hydrogen-bond acceptors (Lipinski definition) is 5. The van der Waals surface area contributed by atoms with E-state index in [9.17, 15) is 4.79 Å². The first-order chi connectivity index (χ1) is 10.1. The smallest absolute Gasteiger partial charge is 0.239 e. The molecule has 0 aromatic carbocycles. The first kappa shape index (κ1) is 16.0. The first-order valence-electron chi connectivity index (χ1n) is 7.06. The number of nitrogens with zero attached hydrogens (tertiary/aromatic N) is 3. The lowest BCUT2D eigenvalue weighted by molar-refractivity contribution is -0.119. The molecule has 2 aromatic heterocycles. The van der Waals surface area contributed by atoms with E-state index in [-0.39, 0.29) is 17.7 Å². The van der Waals surface area contributed by atoms with Crippen molar-refractivity contribution in [3.8, 4) is 0 Å². The highest BCUT2D eigenvalue weighted by Gasteiger charge is 2.17. The molecule has 0 saturated carbocycles. The maximum absolute atomic E-state index is 11.8. The molecule has 2 rings (SSSR count). The molecular formula is C14H19ClN4OS. The number of carbonyl (C=O) groups excluding carboxylic acids is 1. The second-order valence-electron chi connectivity index (χ2n) is 4.57. The van der Waals surface area contributed by atoms with Gasteiger partial charge in [0, 0.05) is 18.0 Å². The van der Waals surface area contributed by atoms with Crippen LogP contribution in [-0.4, -0.2) is 35.5 Å². The Morgan fingerprint density at radius 3 is 2.76 bits per heavy atom. The van der Waals surface area contributed by atoms with Gasteiger partial charge in [0.2, 0.25) is 11.2 Å². The van der Waals surface area contributed by atoms with E-state index in [1.807, 2.05) is 18.7 Å². The number of halogens is 1. The summed E-state index contributed by atoms with van der Waals surface area (Å²) in [6.07, 6.45) is 0.945. The van der Waals surface area contributed by atoms with Crippen molar-refractivity contribution in [2.75, 3.05) is 24.5 Å². The lowest BCUT2D eigenvalue weighted by Crippen LogP contribution is -2.37. The summed E-state index contributed by atoms with van der Waals surface area (Å²) in [4.78, 5) is 24.5. The van der Waals surface area contributed by atoms with Crippen molar-refractivity contribution >= 4 is 44.9 Å². The van der Waals surface area contributed by atoms with E-state index in [0.717, 1.165) is 22.5 Å². The molecule has 0 aliphatic rings. The van der Waals surface area contributed by atoms with Crippen molar-refractivity contribution in [2.24, 2.45) is 0 Å². The number of thiophene rings is 1. The molecule has 1 N–H and O–H groups in total. The molecule has 1 amide bonds. The fourth-order valence-corrected chi connectivity index (χ4v) is 3.29. The van der Waals surface area contributed by atoms with Gasteiger partial charge in [-0.2, -0.15) is 4.98 Å². The molecule has 0 aliphatic heterocycles. The zero-order valence-electron chi connectivity index (χ0n) is 12.4. The van der Waals surface area contributed by atoms with E-state index in [4.69, 9.17) is 11.6 Å². The molecule has 0 saturated heterocycles. The third-order valence-corrected chi connectivity index (χ3v) is 4.48. The lowest BCUT2D eigenvalue weighted by Gasteiger charge is -2.21. The largest absolute Gasteiger partial charge is 0.355 e. The normalized spacial score (nSPS) is 10.9. The van der Waals surface area contributed by atoms with Crippen LogP contribution in [-0.2, 0) is 11.2 Å². The average Bonchev–Trinajstić information content (AvgIpc) is 2.87. The summed E-state index contributed by atoms with van der Waals surface area (Å²) in [5.41, 5.74) is 0. The fourth-order valence-electron chi connectivity index (χ4n) is 2.11. The van der Waals surface area contributed by atoms with Crippen LogP contribution in [0.15, 0.2) is 6.07 Å². The number of aryl methyl sites for hydroxylation is 1. The number of rotatable bonds is 6. The standard InChI is InChI=1S/C14H19ClN4OS/c1-4-9-7-10-12(17-14(15)18-13(10)21-9)19(6-3)8-11(20)16-5-2/h7H,4-6,8H2,1-3H3,(H,16,20). The van der Waals surface area contributed by atoms with E-state index in [1.165, 1.54) is 4.88 Å². The van der Waals surface area contributed by atoms with Gasteiger partial charge in [-0.3, -0.25) is 4.79 Å². The number of hydrogen-bond donors (Lipinski definition) is 1. The Morgan fingerprint density at radius 1 is 1.38 bits per heavy atom. The van der Waals surface area contributed by atoms with Gasteiger partial charge in [0.05, 0.1) is 11.9 Å². The summed E-state index contributed by atoms with van der Waals surface area (Å²) in [6.45, 7) is 7.57. The molecule has 0 unspecified atom stereocenters. The van der Waals surface area contributed by atoms with Crippen molar-refractivity contribution in [1.82, 2.24) is 15.3 Å². The number of aromatic nitrogens is 2. The van der Waals surface area contributed by atoms with Gasteiger partial charge in [-0.05, 0) is 37.9 Å². The van der Waals surface area contributed by atoms with Gasteiger partial charge in [0.25, 0.3) is 0 Å². The van der Waals surface area contributed by atoms with Crippen molar-refractivity contribution in [3.05, 3.63) is 16.2 Å². The molecule has 114 valence electrons. The SMILES string of the molecule is CCNC(=O)CN(CC)c1nc(Cl)nc2sc(CC)cc12. The van der Waals surface area contributed by atoms with Crippen LogP contribution in [0.25, 0.3) is 10.2 Å². The number of amides is 1. The number of carbonyl (C=O) groups is 1. The van der Waals surface area contributed by atoms with Crippen molar-refractivity contribution in [1.29, 1.82) is 0 Å². The van der Waals surface area contributed by atoms with Crippen LogP contribution < -0.4 is 10.2 Å². The van der Waals surface area contributed by atoms with Crippen LogP contribution in [0.5, 0.6) is 0 Å². The predicted octanol–water partition coefficient (Wildman–Crippen LogP) is 2.87. The molecule has 2 aromatic rings. The van der Waals surface area contributed by atoms with Gasteiger partial charge in [0.15, 0.2) is 0 Å². The fraction of sp³-hybridized carbons (Fsp3) is 0.500. The van der Waals surface area contributed by atoms with Crippen LogP contribution in [0.2, 0.25) is 5.28 Å². The maximum Gasteiger partial charge on any atom is 0.239 e. The Balaban J connectivity index is 2.42. The molecule has 7 heteroatoms. The van der Waals surface area contributed by atoms with Crippen molar-refractivity contribution < 1.29 is 4.79 Å². The third kappa shape index (κ3) is 3.63. The molecule has 0 atom stereocenters. The summed E-state index contributed by atoms with van der Waals surface area (Å²) in [6, 6.07) is 2.09. The van der Waals surface area contributed by atoms with Crippen LogP contribution in [0.1, 0.15) is 25.6 Å². The molecule has 0 aliphatic carbocycles. The molecule has 0 spiro atoms. The van der Waals surface area contributed by atoms with Crippen LogP contribution >= 0.6 is 22.9 Å². The summed E-state index contributed by atoms with van der Waals surface area (Å²) < 4.78 is 0. The molecular weight excluding hydrogens is 308 g/mol. The van der Waals surface area contributed by atoms with E-state index < -0.39 is 0 Å². The minimum Gasteiger partial charge on any atom is -0.355 e. The third-order valence-electron chi connectivity index (χ3n) is 3.13. The highest BCUT2D eigenvalue weighted by atomic mass is 35.5. The molecule has 2 heterocycles. The number of likely N-dealkylation sites (N-methyl/N-ethyl adjacent to an activating group) is 2. The Labute approximate surface area is 133 Å². The second-order valence-corrected chi connectivity index (χ2v) is 6.02. The Kier molecular flexibility index (Phi) is 5.36. The van der Waals surface area contributed by atoms with Gasteiger partial charge in [-0.25, -0.2) is 4.98 Å². The van der Waals surface area contributed by atoms with E-state index in [0.29, 0.717) is 13.1 Å². The van der Waals surface area contributed by atoms with Crippen LogP contribution in [0.4, 0.5) is 5.82 Å². The average molecular weight is 327 g/mol. The molecule has 0 bridgehead atoms. The van der Waals surface area contributed by atoms with Crippen molar-refractivity contribution in [2.45, 2.75) is 27.2 Å². The zero-order chi connectivity index (χ0) is 15.4. The summed E-state index contributed by atoms with van der Waals surface area (Å²) in [7, 11) is 0. The van der Waals surface area contributed by atoms with Gasteiger partial charge >= 0.3 is 0 Å². The number of nitrogens with one attached hydrogen (secondary N) is 1. The summed E-state index contributed by atoms with van der Waals surface area (Å²) in [5, 5.41) is 3.99. The number of fused-ring (bicyclic) bond motifs is 1. The highest BCUT2D eigenvalue weighted by molar-refractivity contribution is 7.18. The Bertz CT molecular complexity index is 643. The minimum absolute atomic E-state index is 0.0202. The number of anilines is 1. The molecule has 0 fully saturated rings. The second kappa shape index (κ2) is 7.04. The Hall–Kier alpha value is -1.40.